The van der Waals surface area contributed by atoms with Crippen LogP contribution in [0.5, 0.6) is 5.75 Å². The molecule has 8 nitrogen and oxygen atoms in total. The van der Waals surface area contributed by atoms with Gasteiger partial charge in [-0.1, -0.05) is 18.2 Å². The molecule has 0 amide bonds. The fraction of sp³-hybridized carbons (Fsp3) is 0.429. The largest absolute Gasteiger partial charge is 0.496 e. The molecule has 30 heavy (non-hydrogen) atoms. The molecule has 1 aliphatic heterocycles. The molecular formula is C21H26N4O4S. The number of rotatable bonds is 6. The molecular weight excluding hydrogens is 404 g/mol. The maximum atomic E-state index is 13.1. The van der Waals surface area contributed by atoms with E-state index in [2.05, 4.69) is 10.1 Å². The molecule has 1 atom stereocenters. The topological polar surface area (TPSA) is 90.5 Å². The highest BCUT2D eigenvalue weighted by Crippen LogP contribution is 2.31. The monoisotopic (exact) mass is 430 g/mol. The van der Waals surface area contributed by atoms with Crippen molar-refractivity contribution >= 4 is 10.0 Å². The molecule has 0 spiro atoms. The zero-order valence-corrected chi connectivity index (χ0v) is 18.2. The summed E-state index contributed by atoms with van der Waals surface area (Å²) in [5.41, 5.74) is 1.53. The number of piperidine rings is 1. The molecule has 3 aromatic rings. The van der Waals surface area contributed by atoms with E-state index in [4.69, 9.17) is 9.15 Å². The molecule has 0 N–H and O–H groups in total. The Morgan fingerprint density at radius 2 is 2.10 bits per heavy atom. The van der Waals surface area contributed by atoms with Crippen LogP contribution in [0, 0.1) is 6.92 Å². The van der Waals surface area contributed by atoms with Gasteiger partial charge in [0.15, 0.2) is 5.89 Å². The van der Waals surface area contributed by atoms with E-state index in [1.54, 1.807) is 33.5 Å². The third kappa shape index (κ3) is 3.99. The number of oxazole rings is 1. The third-order valence-corrected chi connectivity index (χ3v) is 7.42. The van der Waals surface area contributed by atoms with Crippen LogP contribution in [-0.4, -0.2) is 47.7 Å². The number of aryl methyl sites for hydroxylation is 2. The predicted molar refractivity (Wildman–Crippen MR) is 111 cm³/mol. The van der Waals surface area contributed by atoms with Gasteiger partial charge in [-0.3, -0.25) is 4.68 Å². The third-order valence-electron chi connectivity index (χ3n) is 5.45. The average Bonchev–Trinajstić information content (AvgIpc) is 3.34. The number of methoxy groups -OCH3 is 1. The quantitative estimate of drug-likeness (QED) is 0.597. The van der Waals surface area contributed by atoms with E-state index in [0.717, 1.165) is 29.9 Å². The molecule has 1 aromatic carbocycles. The number of para-hydroxylation sites is 1. The zero-order valence-electron chi connectivity index (χ0n) is 17.4. The fourth-order valence-corrected chi connectivity index (χ4v) is 5.69. The van der Waals surface area contributed by atoms with Crippen LogP contribution < -0.4 is 4.74 Å². The standard InChI is InChI=1S/C21H26N4O4S/c1-15-20(14-24(2)23-15)30(26,27)25-10-6-8-17(13-25)21-22-12-18(29-21)11-16-7-4-5-9-19(16)28-3/h4-5,7,9,12,14,17H,6,8,10-11,13H2,1-3H3/t17-/m1/s1. The van der Waals surface area contributed by atoms with E-state index >= 15 is 0 Å². The molecule has 9 heteroatoms. The molecule has 160 valence electrons. The lowest BCUT2D eigenvalue weighted by Gasteiger charge is -2.30. The van der Waals surface area contributed by atoms with Crippen molar-refractivity contribution in [1.82, 2.24) is 19.1 Å². The highest BCUT2D eigenvalue weighted by molar-refractivity contribution is 7.89. The Balaban J connectivity index is 1.51. The average molecular weight is 431 g/mol. The Morgan fingerprint density at radius 3 is 2.83 bits per heavy atom. The lowest BCUT2D eigenvalue weighted by molar-refractivity contribution is 0.281. The summed E-state index contributed by atoms with van der Waals surface area (Å²) >= 11 is 0. The summed E-state index contributed by atoms with van der Waals surface area (Å²) < 4.78 is 40.7. The molecule has 2 aromatic heterocycles. The first kappa shape index (κ1) is 20.6. The first-order chi connectivity index (χ1) is 14.4. The second-order valence-corrected chi connectivity index (χ2v) is 9.51. The van der Waals surface area contributed by atoms with Crippen molar-refractivity contribution in [2.45, 2.75) is 37.0 Å². The molecule has 1 saturated heterocycles. The molecule has 0 aliphatic carbocycles. The maximum Gasteiger partial charge on any atom is 0.246 e. The Kier molecular flexibility index (Phi) is 5.66. The molecule has 0 radical (unpaired) electrons. The van der Waals surface area contributed by atoms with E-state index in [-0.39, 0.29) is 10.8 Å². The van der Waals surface area contributed by atoms with Gasteiger partial charge in [0.25, 0.3) is 0 Å². The number of hydrogen-bond donors (Lipinski definition) is 0. The van der Waals surface area contributed by atoms with Crippen molar-refractivity contribution in [2.24, 2.45) is 7.05 Å². The minimum Gasteiger partial charge on any atom is -0.496 e. The summed E-state index contributed by atoms with van der Waals surface area (Å²) in [5, 5.41) is 4.18. The SMILES string of the molecule is COc1ccccc1Cc1cnc([C@@H]2CCCN(S(=O)(=O)c3cn(C)nc3C)C2)o1. The van der Waals surface area contributed by atoms with Crippen molar-refractivity contribution < 1.29 is 17.6 Å². The fourth-order valence-electron chi connectivity index (χ4n) is 3.96. The molecule has 3 heterocycles. The van der Waals surface area contributed by atoms with E-state index < -0.39 is 10.0 Å². The first-order valence-corrected chi connectivity index (χ1v) is 11.4. The van der Waals surface area contributed by atoms with Gasteiger partial charge < -0.3 is 9.15 Å². The number of hydrogen-bond acceptors (Lipinski definition) is 6. The van der Waals surface area contributed by atoms with Gasteiger partial charge in [-0.05, 0) is 25.8 Å². The minimum absolute atomic E-state index is 0.0723. The van der Waals surface area contributed by atoms with Gasteiger partial charge in [0.1, 0.15) is 16.4 Å². The van der Waals surface area contributed by atoms with Crippen LogP contribution in [0.3, 0.4) is 0 Å². The lowest BCUT2D eigenvalue weighted by atomic mass is 10.00. The second kappa shape index (κ2) is 8.23. The second-order valence-electron chi connectivity index (χ2n) is 7.61. The summed E-state index contributed by atoms with van der Waals surface area (Å²) in [5.74, 6) is 2.05. The van der Waals surface area contributed by atoms with Crippen LogP contribution in [0.4, 0.5) is 0 Å². The zero-order chi connectivity index (χ0) is 21.3. The van der Waals surface area contributed by atoms with Gasteiger partial charge in [0.05, 0.1) is 19.0 Å². The number of ether oxygens (including phenoxy) is 1. The first-order valence-electron chi connectivity index (χ1n) is 9.95. The van der Waals surface area contributed by atoms with Crippen LogP contribution in [0.25, 0.3) is 0 Å². The summed E-state index contributed by atoms with van der Waals surface area (Å²) in [4.78, 5) is 4.72. The van der Waals surface area contributed by atoms with Crippen LogP contribution in [-0.2, 0) is 23.5 Å². The number of benzene rings is 1. The molecule has 0 unspecified atom stereocenters. The molecule has 4 rings (SSSR count). The number of sulfonamides is 1. The summed E-state index contributed by atoms with van der Waals surface area (Å²) in [6, 6.07) is 7.79. The van der Waals surface area contributed by atoms with Crippen molar-refractivity contribution in [1.29, 1.82) is 0 Å². The van der Waals surface area contributed by atoms with Crippen LogP contribution in [0.1, 0.15) is 41.7 Å². The molecule has 0 bridgehead atoms. The summed E-state index contributed by atoms with van der Waals surface area (Å²) in [6.45, 7) is 2.56. The van der Waals surface area contributed by atoms with Gasteiger partial charge in [0.2, 0.25) is 10.0 Å². The highest BCUT2D eigenvalue weighted by atomic mass is 32.2. The van der Waals surface area contributed by atoms with Gasteiger partial charge in [-0.2, -0.15) is 9.40 Å². The van der Waals surface area contributed by atoms with Crippen molar-refractivity contribution in [3.05, 3.63) is 59.6 Å². The highest BCUT2D eigenvalue weighted by Gasteiger charge is 2.34. The molecule has 1 aliphatic rings. The summed E-state index contributed by atoms with van der Waals surface area (Å²) in [6.07, 6.45) is 5.45. The van der Waals surface area contributed by atoms with Crippen molar-refractivity contribution in [3.63, 3.8) is 0 Å². The van der Waals surface area contributed by atoms with E-state index in [1.807, 2.05) is 24.3 Å². The van der Waals surface area contributed by atoms with Crippen LogP contribution in [0.15, 0.2) is 46.0 Å². The van der Waals surface area contributed by atoms with Crippen LogP contribution >= 0.6 is 0 Å². The Labute approximate surface area is 176 Å². The van der Waals surface area contributed by atoms with Gasteiger partial charge in [-0.25, -0.2) is 13.4 Å². The van der Waals surface area contributed by atoms with E-state index in [1.165, 1.54) is 8.99 Å². The predicted octanol–water partition coefficient (Wildman–Crippen LogP) is 2.88. The van der Waals surface area contributed by atoms with Crippen molar-refractivity contribution in [3.8, 4) is 5.75 Å². The van der Waals surface area contributed by atoms with Gasteiger partial charge in [-0.15, -0.1) is 0 Å². The lowest BCUT2D eigenvalue weighted by Crippen LogP contribution is -2.39. The smallest absolute Gasteiger partial charge is 0.246 e. The Bertz CT molecular complexity index is 1140. The van der Waals surface area contributed by atoms with E-state index in [9.17, 15) is 8.42 Å². The molecule has 1 fully saturated rings. The normalized spacial score (nSPS) is 17.9. The van der Waals surface area contributed by atoms with Crippen LogP contribution in [0.2, 0.25) is 0 Å². The number of nitrogens with zero attached hydrogens (tertiary/aromatic N) is 4. The summed E-state index contributed by atoms with van der Waals surface area (Å²) in [7, 11) is -0.232. The Hall–Kier alpha value is -2.65. The molecule has 0 saturated carbocycles. The Morgan fingerprint density at radius 1 is 1.30 bits per heavy atom. The van der Waals surface area contributed by atoms with Crippen molar-refractivity contribution in [2.75, 3.05) is 20.2 Å². The number of aromatic nitrogens is 3. The van der Waals surface area contributed by atoms with E-state index in [0.29, 0.717) is 31.1 Å². The minimum atomic E-state index is -3.60. The van der Waals surface area contributed by atoms with Gasteiger partial charge in [0, 0.05) is 44.2 Å². The maximum absolute atomic E-state index is 13.1. The van der Waals surface area contributed by atoms with Gasteiger partial charge >= 0.3 is 0 Å².